The van der Waals surface area contributed by atoms with Gasteiger partial charge in [0.25, 0.3) is 15.9 Å². The van der Waals surface area contributed by atoms with Gasteiger partial charge in [-0.3, -0.25) is 9.52 Å². The molecule has 0 radical (unpaired) electrons. The molecule has 34 heavy (non-hydrogen) atoms. The van der Waals surface area contributed by atoms with Gasteiger partial charge in [0.05, 0.1) is 10.6 Å². The van der Waals surface area contributed by atoms with E-state index in [-0.39, 0.29) is 10.8 Å². The highest BCUT2D eigenvalue weighted by Gasteiger charge is 2.17. The Bertz CT molecular complexity index is 1650. The van der Waals surface area contributed by atoms with Crippen LogP contribution >= 0.6 is 0 Å². The van der Waals surface area contributed by atoms with Crippen LogP contribution in [0.4, 0.5) is 11.4 Å². The third-order valence-electron chi connectivity index (χ3n) is 5.71. The molecule has 0 bridgehead atoms. The Morgan fingerprint density at radius 3 is 2.32 bits per heavy atom. The number of para-hydroxylation sites is 1. The maximum absolute atomic E-state index is 12.9. The lowest BCUT2D eigenvalue weighted by molar-refractivity contribution is 0.102. The fourth-order valence-corrected chi connectivity index (χ4v) is 4.92. The molecule has 7 heteroatoms. The van der Waals surface area contributed by atoms with Crippen molar-refractivity contribution in [2.45, 2.75) is 18.7 Å². The number of sulfonamides is 1. The molecule has 0 saturated carbocycles. The Hall–Kier alpha value is -4.10. The fraction of sp³-hybridized carbons (Fsp3) is 0.0741. The smallest absolute Gasteiger partial charge is 0.261 e. The number of benzene rings is 4. The molecule has 0 unspecified atom stereocenters. The second-order valence-corrected chi connectivity index (χ2v) is 9.89. The Morgan fingerprint density at radius 1 is 0.794 bits per heavy atom. The molecule has 0 aliphatic carbocycles. The number of furan rings is 1. The predicted molar refractivity (Wildman–Crippen MR) is 135 cm³/mol. The largest absolute Gasteiger partial charge is 0.456 e. The van der Waals surface area contributed by atoms with Gasteiger partial charge >= 0.3 is 0 Å². The number of hydrogen-bond donors (Lipinski definition) is 2. The van der Waals surface area contributed by atoms with E-state index in [9.17, 15) is 13.2 Å². The lowest BCUT2D eigenvalue weighted by atomic mass is 10.1. The maximum Gasteiger partial charge on any atom is 0.261 e. The van der Waals surface area contributed by atoms with Crippen LogP contribution in [-0.4, -0.2) is 14.3 Å². The third-order valence-corrected chi connectivity index (χ3v) is 7.09. The molecular weight excluding hydrogens is 448 g/mol. The molecule has 5 rings (SSSR count). The number of amides is 1. The molecule has 2 N–H and O–H groups in total. The topological polar surface area (TPSA) is 88.4 Å². The normalized spacial score (nSPS) is 11.6. The molecule has 1 heterocycles. The summed E-state index contributed by atoms with van der Waals surface area (Å²) < 4.78 is 34.1. The highest BCUT2D eigenvalue weighted by molar-refractivity contribution is 7.92. The Morgan fingerprint density at radius 2 is 1.53 bits per heavy atom. The predicted octanol–water partition coefficient (Wildman–Crippen LogP) is 6.26. The maximum atomic E-state index is 12.9. The van der Waals surface area contributed by atoms with Crippen molar-refractivity contribution in [3.63, 3.8) is 0 Å². The van der Waals surface area contributed by atoms with Crippen molar-refractivity contribution in [3.8, 4) is 0 Å². The molecule has 6 nitrogen and oxygen atoms in total. The SMILES string of the molecule is Cc1ccc(S(=O)(=O)Nc2cc(C(=O)Nc3ccc4c(c3)oc3ccccc34)ccc2C)cc1. The van der Waals surface area contributed by atoms with Crippen molar-refractivity contribution >= 4 is 49.2 Å². The van der Waals surface area contributed by atoms with E-state index in [1.54, 1.807) is 49.4 Å². The van der Waals surface area contributed by atoms with Crippen LogP contribution in [0.3, 0.4) is 0 Å². The van der Waals surface area contributed by atoms with Crippen LogP contribution in [0.15, 0.2) is 94.2 Å². The van der Waals surface area contributed by atoms with Gasteiger partial charge in [-0.15, -0.1) is 0 Å². The van der Waals surface area contributed by atoms with Crippen molar-refractivity contribution in [1.29, 1.82) is 0 Å². The quantitative estimate of drug-likeness (QED) is 0.317. The van der Waals surface area contributed by atoms with Crippen LogP contribution in [0.2, 0.25) is 0 Å². The molecule has 0 saturated heterocycles. The van der Waals surface area contributed by atoms with Crippen LogP contribution < -0.4 is 10.0 Å². The molecule has 1 amide bonds. The average Bonchev–Trinajstić information content (AvgIpc) is 3.18. The second-order valence-electron chi connectivity index (χ2n) is 8.21. The molecule has 0 aliphatic rings. The highest BCUT2D eigenvalue weighted by atomic mass is 32.2. The van der Waals surface area contributed by atoms with Crippen LogP contribution in [0, 0.1) is 13.8 Å². The van der Waals surface area contributed by atoms with Gasteiger partial charge in [0, 0.05) is 28.1 Å². The fourth-order valence-electron chi connectivity index (χ4n) is 3.80. The van der Waals surface area contributed by atoms with Gasteiger partial charge in [0.1, 0.15) is 11.2 Å². The number of carbonyl (C=O) groups excluding carboxylic acids is 1. The molecule has 5 aromatic rings. The number of rotatable bonds is 5. The van der Waals surface area contributed by atoms with Gasteiger partial charge in [0.15, 0.2) is 0 Å². The number of aryl methyl sites for hydroxylation is 2. The molecule has 170 valence electrons. The van der Waals surface area contributed by atoms with E-state index < -0.39 is 10.0 Å². The van der Waals surface area contributed by atoms with Crippen molar-refractivity contribution in [1.82, 2.24) is 0 Å². The zero-order chi connectivity index (χ0) is 23.9. The molecule has 0 atom stereocenters. The standard InChI is InChI=1S/C27H22N2O4S/c1-17-7-12-21(13-8-17)34(31,32)29-24-15-19(10-9-18(24)2)27(30)28-20-11-14-23-22-5-3-4-6-25(22)33-26(23)16-20/h3-16,29H,1-2H3,(H,28,30). The Labute approximate surface area is 197 Å². The summed E-state index contributed by atoms with van der Waals surface area (Å²) in [5.74, 6) is -0.355. The molecular formula is C27H22N2O4S. The van der Waals surface area contributed by atoms with Gasteiger partial charge in [-0.25, -0.2) is 8.42 Å². The summed E-state index contributed by atoms with van der Waals surface area (Å²) in [6.45, 7) is 3.67. The Balaban J connectivity index is 1.40. The van der Waals surface area contributed by atoms with E-state index in [4.69, 9.17) is 4.42 Å². The summed E-state index contributed by atoms with van der Waals surface area (Å²) in [6, 6.07) is 24.8. The van der Waals surface area contributed by atoms with Crippen LogP contribution in [0.25, 0.3) is 21.9 Å². The first-order chi connectivity index (χ1) is 16.3. The molecule has 0 aliphatic heterocycles. The minimum absolute atomic E-state index is 0.159. The first kappa shape index (κ1) is 21.7. The van der Waals surface area contributed by atoms with E-state index >= 15 is 0 Å². The van der Waals surface area contributed by atoms with E-state index in [2.05, 4.69) is 10.0 Å². The summed E-state index contributed by atoms with van der Waals surface area (Å²) in [4.78, 5) is 13.1. The monoisotopic (exact) mass is 470 g/mol. The number of hydrogen-bond acceptors (Lipinski definition) is 4. The van der Waals surface area contributed by atoms with Crippen molar-refractivity contribution in [2.24, 2.45) is 0 Å². The van der Waals surface area contributed by atoms with Crippen LogP contribution in [0.1, 0.15) is 21.5 Å². The first-order valence-corrected chi connectivity index (χ1v) is 12.2. The van der Waals surface area contributed by atoms with Gasteiger partial charge < -0.3 is 9.73 Å². The minimum Gasteiger partial charge on any atom is -0.456 e. The van der Waals surface area contributed by atoms with Crippen LogP contribution in [0.5, 0.6) is 0 Å². The summed E-state index contributed by atoms with van der Waals surface area (Å²) in [5.41, 5.74) is 4.39. The van der Waals surface area contributed by atoms with Crippen molar-refractivity contribution < 1.29 is 17.6 Å². The van der Waals surface area contributed by atoms with E-state index in [0.717, 1.165) is 21.9 Å². The zero-order valence-corrected chi connectivity index (χ0v) is 19.4. The summed E-state index contributed by atoms with van der Waals surface area (Å²) in [5, 5.41) is 4.85. The van der Waals surface area contributed by atoms with Gasteiger partial charge in [-0.1, -0.05) is 42.0 Å². The molecule has 1 aromatic heterocycles. The van der Waals surface area contributed by atoms with Gasteiger partial charge in [0.2, 0.25) is 0 Å². The van der Waals surface area contributed by atoms with Gasteiger partial charge in [-0.05, 0) is 61.9 Å². The van der Waals surface area contributed by atoms with E-state index in [0.29, 0.717) is 28.1 Å². The summed E-state index contributed by atoms with van der Waals surface area (Å²) >= 11 is 0. The minimum atomic E-state index is -3.79. The number of anilines is 2. The van der Waals surface area contributed by atoms with Crippen molar-refractivity contribution in [3.05, 3.63) is 102 Å². The second kappa shape index (κ2) is 8.35. The Kier molecular flexibility index (Phi) is 5.34. The third kappa shape index (κ3) is 4.13. The first-order valence-electron chi connectivity index (χ1n) is 10.7. The van der Waals surface area contributed by atoms with E-state index in [1.807, 2.05) is 43.3 Å². The lowest BCUT2D eigenvalue weighted by Crippen LogP contribution is -2.16. The zero-order valence-electron chi connectivity index (χ0n) is 18.6. The van der Waals surface area contributed by atoms with Crippen LogP contribution in [-0.2, 0) is 10.0 Å². The van der Waals surface area contributed by atoms with Gasteiger partial charge in [-0.2, -0.15) is 0 Å². The summed E-state index contributed by atoms with van der Waals surface area (Å²) in [7, 11) is -3.79. The highest BCUT2D eigenvalue weighted by Crippen LogP contribution is 2.30. The molecule has 0 spiro atoms. The lowest BCUT2D eigenvalue weighted by Gasteiger charge is -2.13. The van der Waals surface area contributed by atoms with E-state index in [1.165, 1.54) is 6.07 Å². The number of carbonyl (C=O) groups is 1. The number of nitrogens with one attached hydrogen (secondary N) is 2. The molecule has 0 fully saturated rings. The van der Waals surface area contributed by atoms with Crippen molar-refractivity contribution in [2.75, 3.05) is 10.0 Å². The summed E-state index contributed by atoms with van der Waals surface area (Å²) in [6.07, 6.45) is 0. The average molecular weight is 471 g/mol. The molecule has 4 aromatic carbocycles. The number of fused-ring (bicyclic) bond motifs is 3.